The van der Waals surface area contributed by atoms with Gasteiger partial charge in [0.1, 0.15) is 17.1 Å². The Morgan fingerprint density at radius 2 is 2.00 bits per heavy atom. The van der Waals surface area contributed by atoms with Crippen molar-refractivity contribution in [3.63, 3.8) is 0 Å². The maximum absolute atomic E-state index is 12.7. The minimum absolute atomic E-state index is 0.122. The fourth-order valence-electron chi connectivity index (χ4n) is 1.78. The number of rotatable bonds is 4. The van der Waals surface area contributed by atoms with Gasteiger partial charge in [-0.15, -0.1) is 0 Å². The van der Waals surface area contributed by atoms with Crippen LogP contribution >= 0.6 is 0 Å². The number of carboxylic acids is 1. The van der Waals surface area contributed by atoms with Crippen LogP contribution in [0.25, 0.3) is 0 Å². The summed E-state index contributed by atoms with van der Waals surface area (Å²) in [5.74, 6) is -1.03. The van der Waals surface area contributed by atoms with Gasteiger partial charge < -0.3 is 9.63 Å². The lowest BCUT2D eigenvalue weighted by Gasteiger charge is -2.00. The second-order valence-electron chi connectivity index (χ2n) is 3.99. The lowest BCUT2D eigenvalue weighted by atomic mass is 10.1. The van der Waals surface area contributed by atoms with Gasteiger partial charge in [-0.3, -0.25) is 0 Å². The van der Waals surface area contributed by atoms with E-state index in [0.29, 0.717) is 24.3 Å². The second-order valence-corrected chi connectivity index (χ2v) is 3.99. The van der Waals surface area contributed by atoms with Crippen LogP contribution in [0.4, 0.5) is 4.39 Å². The van der Waals surface area contributed by atoms with E-state index in [1.54, 1.807) is 19.1 Å². The Kier molecular flexibility index (Phi) is 3.41. The third-order valence-electron chi connectivity index (χ3n) is 2.71. The van der Waals surface area contributed by atoms with Crippen LogP contribution in [-0.2, 0) is 12.8 Å². The molecule has 0 aliphatic carbocycles. The molecule has 0 saturated heterocycles. The van der Waals surface area contributed by atoms with Gasteiger partial charge >= 0.3 is 5.97 Å². The second kappa shape index (κ2) is 5.00. The monoisotopic (exact) mass is 249 g/mol. The van der Waals surface area contributed by atoms with E-state index in [-0.39, 0.29) is 11.4 Å². The van der Waals surface area contributed by atoms with Crippen molar-refractivity contribution in [1.29, 1.82) is 0 Å². The molecule has 94 valence electrons. The Labute approximate surface area is 103 Å². The van der Waals surface area contributed by atoms with E-state index < -0.39 is 5.97 Å². The van der Waals surface area contributed by atoms with E-state index in [0.717, 1.165) is 5.56 Å². The predicted octanol–water partition coefficient (Wildman–Crippen LogP) is 2.61. The minimum Gasteiger partial charge on any atom is -0.477 e. The van der Waals surface area contributed by atoms with Crippen molar-refractivity contribution >= 4 is 5.97 Å². The summed E-state index contributed by atoms with van der Waals surface area (Å²) in [5.41, 5.74) is 1.47. The highest BCUT2D eigenvalue weighted by Gasteiger charge is 2.18. The highest BCUT2D eigenvalue weighted by Crippen LogP contribution is 2.16. The molecule has 0 radical (unpaired) electrons. The summed E-state index contributed by atoms with van der Waals surface area (Å²) >= 11 is 0. The van der Waals surface area contributed by atoms with Gasteiger partial charge in [0.25, 0.3) is 0 Å². The molecule has 0 amide bonds. The molecule has 1 N–H and O–H groups in total. The van der Waals surface area contributed by atoms with Gasteiger partial charge in [-0.05, 0) is 37.5 Å². The van der Waals surface area contributed by atoms with E-state index in [1.807, 2.05) is 0 Å². The van der Waals surface area contributed by atoms with Crippen LogP contribution < -0.4 is 0 Å². The standard InChI is InChI=1S/C13H12FNO3/c1-8-12(13(16)17)11(15-18-8)7-4-9-2-5-10(14)6-3-9/h2-3,5-6H,4,7H2,1H3,(H,16,17). The molecule has 1 heterocycles. The SMILES string of the molecule is Cc1onc(CCc2ccc(F)cc2)c1C(=O)O. The summed E-state index contributed by atoms with van der Waals surface area (Å²) in [6.45, 7) is 1.57. The zero-order chi connectivity index (χ0) is 13.1. The maximum atomic E-state index is 12.7. The largest absolute Gasteiger partial charge is 0.477 e. The summed E-state index contributed by atoms with van der Waals surface area (Å²) in [6, 6.07) is 6.09. The third kappa shape index (κ3) is 2.56. The van der Waals surface area contributed by atoms with Crippen molar-refractivity contribution in [2.24, 2.45) is 0 Å². The number of benzene rings is 1. The average molecular weight is 249 g/mol. The predicted molar refractivity (Wildman–Crippen MR) is 62.0 cm³/mol. The van der Waals surface area contributed by atoms with Gasteiger partial charge in [0.15, 0.2) is 0 Å². The van der Waals surface area contributed by atoms with Crippen molar-refractivity contribution in [3.8, 4) is 0 Å². The molecule has 2 rings (SSSR count). The number of nitrogens with zero attached hydrogens (tertiary/aromatic N) is 1. The molecule has 0 aliphatic rings. The molecule has 5 heteroatoms. The average Bonchev–Trinajstić information content (AvgIpc) is 2.70. The number of aromatic nitrogens is 1. The van der Waals surface area contributed by atoms with Gasteiger partial charge in [-0.1, -0.05) is 17.3 Å². The third-order valence-corrected chi connectivity index (χ3v) is 2.71. The molecule has 2 aromatic rings. The maximum Gasteiger partial charge on any atom is 0.341 e. The molecule has 0 saturated carbocycles. The molecule has 18 heavy (non-hydrogen) atoms. The van der Waals surface area contributed by atoms with Crippen molar-refractivity contribution in [2.45, 2.75) is 19.8 Å². The van der Waals surface area contributed by atoms with Crippen LogP contribution in [-0.4, -0.2) is 16.2 Å². The van der Waals surface area contributed by atoms with Crippen LogP contribution in [0.1, 0.15) is 27.4 Å². The number of carboxylic acid groups (broad SMARTS) is 1. The Morgan fingerprint density at radius 3 is 2.61 bits per heavy atom. The van der Waals surface area contributed by atoms with E-state index in [4.69, 9.17) is 9.63 Å². The molecule has 0 atom stereocenters. The van der Waals surface area contributed by atoms with Gasteiger partial charge in [0.2, 0.25) is 0 Å². The number of aromatic carboxylic acids is 1. The van der Waals surface area contributed by atoms with E-state index in [1.165, 1.54) is 12.1 Å². The van der Waals surface area contributed by atoms with E-state index in [9.17, 15) is 9.18 Å². The molecule has 0 aliphatic heterocycles. The fourth-order valence-corrected chi connectivity index (χ4v) is 1.78. The first kappa shape index (κ1) is 12.3. The molecule has 4 nitrogen and oxygen atoms in total. The van der Waals surface area contributed by atoms with Crippen molar-refractivity contribution in [1.82, 2.24) is 5.16 Å². The van der Waals surface area contributed by atoms with Crippen molar-refractivity contribution in [2.75, 3.05) is 0 Å². The minimum atomic E-state index is -1.04. The number of aryl methyl sites for hydroxylation is 3. The zero-order valence-electron chi connectivity index (χ0n) is 9.81. The zero-order valence-corrected chi connectivity index (χ0v) is 9.81. The van der Waals surface area contributed by atoms with Gasteiger partial charge in [0.05, 0.1) is 5.69 Å². The van der Waals surface area contributed by atoms with E-state index >= 15 is 0 Å². The Morgan fingerprint density at radius 1 is 1.33 bits per heavy atom. The van der Waals surface area contributed by atoms with Crippen LogP contribution in [0.5, 0.6) is 0 Å². The summed E-state index contributed by atoms with van der Waals surface area (Å²) in [5, 5.41) is 12.8. The van der Waals surface area contributed by atoms with Crippen molar-refractivity contribution < 1.29 is 18.8 Å². The quantitative estimate of drug-likeness (QED) is 0.904. The highest BCUT2D eigenvalue weighted by atomic mass is 19.1. The van der Waals surface area contributed by atoms with Crippen LogP contribution in [0.3, 0.4) is 0 Å². The number of hydrogen-bond donors (Lipinski definition) is 1. The fraction of sp³-hybridized carbons (Fsp3) is 0.231. The molecule has 0 bridgehead atoms. The first-order chi connectivity index (χ1) is 8.58. The molecule has 0 fully saturated rings. The Balaban J connectivity index is 2.11. The number of hydrogen-bond acceptors (Lipinski definition) is 3. The van der Waals surface area contributed by atoms with Crippen molar-refractivity contribution in [3.05, 3.63) is 52.7 Å². The topological polar surface area (TPSA) is 63.3 Å². The number of carbonyl (C=O) groups is 1. The lowest BCUT2D eigenvalue weighted by Crippen LogP contribution is -2.03. The number of halogens is 1. The molecule has 0 unspecified atom stereocenters. The van der Waals surface area contributed by atoms with Gasteiger partial charge in [-0.25, -0.2) is 9.18 Å². The molecular formula is C13H12FNO3. The Bertz CT molecular complexity index is 560. The highest BCUT2D eigenvalue weighted by molar-refractivity contribution is 5.89. The summed E-state index contributed by atoms with van der Waals surface area (Å²) in [6.07, 6.45) is 1.04. The summed E-state index contributed by atoms with van der Waals surface area (Å²) in [7, 11) is 0. The molecule has 1 aromatic heterocycles. The summed E-state index contributed by atoms with van der Waals surface area (Å²) in [4.78, 5) is 11.0. The molecule has 0 spiro atoms. The van der Waals surface area contributed by atoms with Crippen LogP contribution in [0, 0.1) is 12.7 Å². The first-order valence-electron chi connectivity index (χ1n) is 5.51. The van der Waals surface area contributed by atoms with E-state index in [2.05, 4.69) is 5.16 Å². The van der Waals surface area contributed by atoms with Crippen LogP contribution in [0.2, 0.25) is 0 Å². The first-order valence-corrected chi connectivity index (χ1v) is 5.51. The van der Waals surface area contributed by atoms with Crippen LogP contribution in [0.15, 0.2) is 28.8 Å². The lowest BCUT2D eigenvalue weighted by molar-refractivity contribution is 0.0694. The normalized spacial score (nSPS) is 10.6. The van der Waals surface area contributed by atoms with Gasteiger partial charge in [-0.2, -0.15) is 0 Å². The molecular weight excluding hydrogens is 237 g/mol. The molecule has 1 aromatic carbocycles. The summed E-state index contributed by atoms with van der Waals surface area (Å²) < 4.78 is 17.6. The van der Waals surface area contributed by atoms with Gasteiger partial charge in [0, 0.05) is 0 Å². The smallest absolute Gasteiger partial charge is 0.341 e. The Hall–Kier alpha value is -2.17.